The molecule has 0 unspecified atom stereocenters. The van der Waals surface area contributed by atoms with Crippen LogP contribution in [0, 0.1) is 0 Å². The van der Waals surface area contributed by atoms with Gasteiger partial charge in [0.15, 0.2) is 8.64 Å². The zero-order chi connectivity index (χ0) is 27.7. The third kappa shape index (κ3) is 5.68. The summed E-state index contributed by atoms with van der Waals surface area (Å²) in [5.41, 5.74) is 1.31. The molecule has 0 aromatic heterocycles. The second-order valence-electron chi connectivity index (χ2n) is 8.68. The van der Waals surface area contributed by atoms with E-state index in [-0.39, 0.29) is 41.8 Å². The van der Waals surface area contributed by atoms with Gasteiger partial charge in [-0.3, -0.25) is 19.4 Å². The molecular weight excluding hydrogens is 565 g/mol. The van der Waals surface area contributed by atoms with Crippen LogP contribution in [0.2, 0.25) is 0 Å². The summed E-state index contributed by atoms with van der Waals surface area (Å²) in [4.78, 5) is 54.5. The first-order valence-corrected chi connectivity index (χ1v) is 13.9. The fraction of sp³-hybridized carbons (Fsp3) is 0.231. The molecule has 0 atom stereocenters. The number of ether oxygens (including phenoxy) is 2. The van der Waals surface area contributed by atoms with E-state index in [1.165, 1.54) is 21.9 Å². The van der Waals surface area contributed by atoms with Crippen LogP contribution in [-0.4, -0.2) is 44.6 Å². The molecule has 2 amide bonds. The molecule has 0 aliphatic carbocycles. The largest absolute Gasteiger partial charge is 0.459 e. The van der Waals surface area contributed by atoms with Gasteiger partial charge in [-0.2, -0.15) is 0 Å². The molecule has 196 valence electrons. The quantitative estimate of drug-likeness (QED) is 0.247. The second kappa shape index (κ2) is 11.4. The number of hydrogen-bond donors (Lipinski definition) is 0. The predicted molar refractivity (Wildman–Crippen MR) is 156 cm³/mol. The third-order valence-electron chi connectivity index (χ3n) is 5.11. The topological polar surface area (TPSA) is 93.2 Å². The lowest BCUT2D eigenvalue weighted by Crippen LogP contribution is -2.30. The number of rotatable bonds is 6. The first-order chi connectivity index (χ1) is 18.0. The zero-order valence-electron chi connectivity index (χ0n) is 20.8. The molecule has 2 aliphatic heterocycles. The Bertz CT molecular complexity index is 1310. The molecule has 2 aliphatic rings. The number of nitrogens with zero attached hydrogens (tertiary/aromatic N) is 2. The Morgan fingerprint density at radius 1 is 0.711 bits per heavy atom. The average Bonchev–Trinajstić information content (AvgIpc) is 3.31. The van der Waals surface area contributed by atoms with Crippen LogP contribution >= 0.6 is 48.0 Å². The van der Waals surface area contributed by atoms with E-state index in [9.17, 15) is 19.2 Å². The van der Waals surface area contributed by atoms with E-state index >= 15 is 0 Å². The van der Waals surface area contributed by atoms with Crippen LogP contribution in [0.25, 0.3) is 0 Å². The van der Waals surface area contributed by atoms with E-state index < -0.39 is 23.8 Å². The summed E-state index contributed by atoms with van der Waals surface area (Å²) < 4.78 is 10.9. The number of carbonyl (C=O) groups is 4. The molecule has 0 spiro atoms. The van der Waals surface area contributed by atoms with Crippen LogP contribution in [0.15, 0.2) is 58.3 Å². The van der Waals surface area contributed by atoms with Crippen molar-refractivity contribution in [2.75, 3.05) is 9.80 Å². The molecule has 38 heavy (non-hydrogen) atoms. The van der Waals surface area contributed by atoms with Crippen molar-refractivity contribution in [1.29, 1.82) is 0 Å². The van der Waals surface area contributed by atoms with Gasteiger partial charge in [0.1, 0.15) is 0 Å². The van der Waals surface area contributed by atoms with Crippen LogP contribution in [0.3, 0.4) is 0 Å². The van der Waals surface area contributed by atoms with Crippen molar-refractivity contribution in [2.45, 2.75) is 39.9 Å². The first-order valence-electron chi connectivity index (χ1n) is 11.5. The highest BCUT2D eigenvalue weighted by atomic mass is 32.2. The first kappa shape index (κ1) is 28.0. The van der Waals surface area contributed by atoms with Crippen LogP contribution < -0.4 is 9.80 Å². The summed E-state index contributed by atoms with van der Waals surface area (Å²) in [6, 6.07) is 12.8. The van der Waals surface area contributed by atoms with E-state index in [0.717, 1.165) is 23.5 Å². The van der Waals surface area contributed by atoms with Gasteiger partial charge in [0.05, 0.1) is 44.5 Å². The summed E-state index contributed by atoms with van der Waals surface area (Å²) in [6.45, 7) is 6.97. The van der Waals surface area contributed by atoms with E-state index in [2.05, 4.69) is 0 Å². The number of thioether (sulfide) groups is 2. The SMILES string of the molecule is CC(C)OC(=O)c1cccc(N2C(=O)/C(=C3\SC(=S)N(c4cccc(C(=O)OC(C)C)c4)C3=O)SC2=S)c1. The van der Waals surface area contributed by atoms with Crippen LogP contribution in [0.4, 0.5) is 11.4 Å². The fourth-order valence-electron chi connectivity index (χ4n) is 3.56. The summed E-state index contributed by atoms with van der Waals surface area (Å²) >= 11 is 12.9. The van der Waals surface area contributed by atoms with Crippen LogP contribution in [0.5, 0.6) is 0 Å². The molecule has 12 heteroatoms. The number of amides is 2. The van der Waals surface area contributed by atoms with Gasteiger partial charge >= 0.3 is 11.9 Å². The van der Waals surface area contributed by atoms with Gasteiger partial charge in [-0.1, -0.05) is 60.1 Å². The van der Waals surface area contributed by atoms with Gasteiger partial charge in [-0.15, -0.1) is 0 Å². The van der Waals surface area contributed by atoms with Crippen molar-refractivity contribution in [3.05, 3.63) is 69.5 Å². The molecular formula is C26H22N2O6S4. The molecule has 2 heterocycles. The highest BCUT2D eigenvalue weighted by molar-refractivity contribution is 8.30. The minimum Gasteiger partial charge on any atom is -0.459 e. The van der Waals surface area contributed by atoms with Gasteiger partial charge in [0.2, 0.25) is 0 Å². The lowest BCUT2D eigenvalue weighted by atomic mass is 10.2. The molecule has 2 fully saturated rings. The number of esters is 2. The highest BCUT2D eigenvalue weighted by Gasteiger charge is 2.43. The normalized spacial score (nSPS) is 17.7. The zero-order valence-corrected chi connectivity index (χ0v) is 24.0. The standard InChI is InChI=1S/C26H22N2O6S4/c1-13(2)33-23(31)15-7-5-9-17(11-15)27-21(29)19(37-25(27)35)20-22(30)28(26(36)38-20)18-10-6-8-16(12-18)24(32)34-14(3)4/h5-14H,1-4H3/b20-19+. The van der Waals surface area contributed by atoms with Crippen LogP contribution in [0.1, 0.15) is 48.4 Å². The molecule has 0 radical (unpaired) electrons. The maximum Gasteiger partial charge on any atom is 0.338 e. The van der Waals surface area contributed by atoms with Crippen molar-refractivity contribution < 1.29 is 28.7 Å². The number of carbonyl (C=O) groups excluding carboxylic acids is 4. The van der Waals surface area contributed by atoms with Gasteiger partial charge in [-0.05, 0) is 64.1 Å². The van der Waals surface area contributed by atoms with E-state index in [4.69, 9.17) is 33.9 Å². The van der Waals surface area contributed by atoms with Crippen molar-refractivity contribution in [1.82, 2.24) is 0 Å². The minimum atomic E-state index is -0.521. The Balaban J connectivity index is 1.62. The van der Waals surface area contributed by atoms with E-state index in [1.807, 2.05) is 0 Å². The number of anilines is 2. The van der Waals surface area contributed by atoms with E-state index in [1.54, 1.807) is 64.1 Å². The Labute approximate surface area is 238 Å². The number of benzene rings is 2. The lowest BCUT2D eigenvalue weighted by Gasteiger charge is -2.16. The Kier molecular flexibility index (Phi) is 8.36. The molecule has 2 aromatic carbocycles. The number of thiocarbonyl (C=S) groups is 2. The Hall–Kier alpha value is -3.06. The lowest BCUT2D eigenvalue weighted by molar-refractivity contribution is -0.115. The average molecular weight is 587 g/mol. The third-order valence-corrected chi connectivity index (χ3v) is 7.98. The summed E-state index contributed by atoms with van der Waals surface area (Å²) in [6.07, 6.45) is -0.599. The van der Waals surface area contributed by atoms with Crippen LogP contribution in [-0.2, 0) is 19.1 Å². The van der Waals surface area contributed by atoms with Crippen molar-refractivity contribution >= 4 is 91.7 Å². The van der Waals surface area contributed by atoms with Gasteiger partial charge in [0, 0.05) is 0 Å². The van der Waals surface area contributed by atoms with Crippen molar-refractivity contribution in [2.24, 2.45) is 0 Å². The van der Waals surface area contributed by atoms with Crippen molar-refractivity contribution in [3.63, 3.8) is 0 Å². The highest BCUT2D eigenvalue weighted by Crippen LogP contribution is 2.44. The maximum absolute atomic E-state index is 13.5. The molecule has 0 bridgehead atoms. The van der Waals surface area contributed by atoms with Gasteiger partial charge < -0.3 is 9.47 Å². The summed E-state index contributed by atoms with van der Waals surface area (Å²) in [7, 11) is 0. The molecule has 2 aromatic rings. The summed E-state index contributed by atoms with van der Waals surface area (Å²) in [5, 5.41) is 0. The molecule has 8 nitrogen and oxygen atoms in total. The smallest absolute Gasteiger partial charge is 0.338 e. The molecule has 2 saturated heterocycles. The summed E-state index contributed by atoms with van der Waals surface area (Å²) in [5.74, 6) is -2.03. The van der Waals surface area contributed by atoms with Gasteiger partial charge in [-0.25, -0.2) is 9.59 Å². The maximum atomic E-state index is 13.5. The van der Waals surface area contributed by atoms with Crippen molar-refractivity contribution in [3.8, 4) is 0 Å². The molecule has 4 rings (SSSR count). The Morgan fingerprint density at radius 2 is 1.08 bits per heavy atom. The van der Waals surface area contributed by atoms with E-state index in [0.29, 0.717) is 11.4 Å². The molecule has 0 saturated carbocycles. The minimum absolute atomic E-state index is 0.139. The number of hydrogen-bond acceptors (Lipinski definition) is 10. The fourth-order valence-corrected chi connectivity index (χ4v) is 6.31. The Morgan fingerprint density at radius 3 is 1.42 bits per heavy atom. The second-order valence-corrected chi connectivity index (χ2v) is 12.0. The molecule has 0 N–H and O–H groups in total. The monoisotopic (exact) mass is 586 g/mol. The van der Waals surface area contributed by atoms with Gasteiger partial charge in [0.25, 0.3) is 11.8 Å². The predicted octanol–water partition coefficient (Wildman–Crippen LogP) is 5.46.